The van der Waals surface area contributed by atoms with Crippen LogP contribution in [-0.4, -0.2) is 31.7 Å². The van der Waals surface area contributed by atoms with Crippen LogP contribution in [0.25, 0.3) is 0 Å². The second-order valence-corrected chi connectivity index (χ2v) is 3.11. The summed E-state index contributed by atoms with van der Waals surface area (Å²) in [6.07, 6.45) is 7.48. The van der Waals surface area contributed by atoms with E-state index in [1.807, 2.05) is 0 Å². The minimum Gasteiger partial charge on any atom is -0.312 e. The van der Waals surface area contributed by atoms with Crippen LogP contribution in [0.15, 0.2) is 25.0 Å². The number of hydrogen-bond acceptors (Lipinski definition) is 5. The van der Waals surface area contributed by atoms with Gasteiger partial charge in [0.05, 0.1) is 0 Å². The minimum atomic E-state index is 0.773. The van der Waals surface area contributed by atoms with Crippen molar-refractivity contribution >= 4 is 0 Å². The molecule has 78 valence electrons. The van der Waals surface area contributed by atoms with Crippen molar-refractivity contribution in [2.45, 2.75) is 13.0 Å². The molecule has 2 aromatic rings. The van der Waals surface area contributed by atoms with Gasteiger partial charge in [-0.25, -0.2) is 15.0 Å². The van der Waals surface area contributed by atoms with Gasteiger partial charge in [-0.05, 0) is 0 Å². The Balaban J connectivity index is 1.68. The van der Waals surface area contributed by atoms with Crippen LogP contribution < -0.4 is 5.32 Å². The minimum absolute atomic E-state index is 0.773. The molecular weight excluding hydrogens is 192 g/mol. The molecule has 0 aliphatic heterocycles. The maximum atomic E-state index is 4.03. The molecule has 0 saturated carbocycles. The summed E-state index contributed by atoms with van der Waals surface area (Å²) < 4.78 is 0. The fraction of sp³-hybridized carbons (Fsp3) is 0.333. The molecule has 0 spiro atoms. The van der Waals surface area contributed by atoms with Crippen LogP contribution in [0.1, 0.15) is 11.4 Å². The molecule has 15 heavy (non-hydrogen) atoms. The van der Waals surface area contributed by atoms with Crippen molar-refractivity contribution in [2.24, 2.45) is 0 Å². The predicted octanol–water partition coefficient (Wildman–Crippen LogP) is -0.0730. The van der Waals surface area contributed by atoms with Gasteiger partial charge in [0.15, 0.2) is 0 Å². The molecule has 6 heteroatoms. The Morgan fingerprint density at radius 1 is 1.20 bits per heavy atom. The zero-order chi connectivity index (χ0) is 10.3. The van der Waals surface area contributed by atoms with Gasteiger partial charge in [-0.1, -0.05) is 0 Å². The second kappa shape index (κ2) is 5.16. The number of H-pyrrole nitrogens is 1. The summed E-state index contributed by atoms with van der Waals surface area (Å²) >= 11 is 0. The van der Waals surface area contributed by atoms with Crippen LogP contribution in [0, 0.1) is 0 Å². The summed E-state index contributed by atoms with van der Waals surface area (Å²) in [4.78, 5) is 11.9. The van der Waals surface area contributed by atoms with Gasteiger partial charge in [-0.15, -0.1) is 0 Å². The molecule has 0 fully saturated rings. The highest BCUT2D eigenvalue weighted by atomic mass is 15.2. The van der Waals surface area contributed by atoms with Crippen LogP contribution >= 0.6 is 0 Å². The molecule has 0 aliphatic carbocycles. The highest BCUT2D eigenvalue weighted by Gasteiger charge is 1.95. The van der Waals surface area contributed by atoms with Crippen LogP contribution in [-0.2, 0) is 13.0 Å². The van der Waals surface area contributed by atoms with Gasteiger partial charge in [0, 0.05) is 37.5 Å². The Morgan fingerprint density at radius 3 is 2.80 bits per heavy atom. The molecular formula is C9H12N6. The fourth-order valence-corrected chi connectivity index (χ4v) is 1.21. The summed E-state index contributed by atoms with van der Waals surface area (Å²) in [6, 6.07) is 0. The lowest BCUT2D eigenvalue weighted by Crippen LogP contribution is -2.17. The van der Waals surface area contributed by atoms with E-state index in [4.69, 9.17) is 0 Å². The maximum absolute atomic E-state index is 4.03. The largest absolute Gasteiger partial charge is 0.312 e. The average Bonchev–Trinajstić information content (AvgIpc) is 2.79. The summed E-state index contributed by atoms with van der Waals surface area (Å²) in [5, 5.41) is 9.86. The number of aromatic nitrogens is 5. The van der Waals surface area contributed by atoms with E-state index in [0.717, 1.165) is 30.9 Å². The normalized spacial score (nSPS) is 10.4. The Morgan fingerprint density at radius 2 is 2.07 bits per heavy atom. The van der Waals surface area contributed by atoms with Crippen molar-refractivity contribution < 1.29 is 0 Å². The topological polar surface area (TPSA) is 79.4 Å². The van der Waals surface area contributed by atoms with E-state index in [0.29, 0.717) is 0 Å². The lowest BCUT2D eigenvalue weighted by Gasteiger charge is -2.01. The number of aromatic amines is 1. The molecule has 2 rings (SSSR count). The molecule has 0 saturated heterocycles. The van der Waals surface area contributed by atoms with Gasteiger partial charge in [0.25, 0.3) is 0 Å². The first-order valence-corrected chi connectivity index (χ1v) is 4.74. The first-order valence-electron chi connectivity index (χ1n) is 4.74. The van der Waals surface area contributed by atoms with Crippen molar-refractivity contribution in [3.8, 4) is 0 Å². The van der Waals surface area contributed by atoms with E-state index in [9.17, 15) is 0 Å². The molecule has 0 radical (unpaired) electrons. The monoisotopic (exact) mass is 204 g/mol. The SMILES string of the molecule is c1ncc(CNCCc2ncn[nH]2)cn1. The zero-order valence-electron chi connectivity index (χ0n) is 8.22. The Labute approximate surface area is 87.2 Å². The van der Waals surface area contributed by atoms with Crippen molar-refractivity contribution in [1.82, 2.24) is 30.5 Å². The van der Waals surface area contributed by atoms with Gasteiger partial charge in [0.1, 0.15) is 18.5 Å². The third kappa shape index (κ3) is 3.10. The summed E-state index contributed by atoms with van der Waals surface area (Å²) in [6.45, 7) is 1.62. The van der Waals surface area contributed by atoms with Crippen LogP contribution in [0.5, 0.6) is 0 Å². The zero-order valence-corrected chi connectivity index (χ0v) is 8.22. The van der Waals surface area contributed by atoms with Crippen LogP contribution in [0.2, 0.25) is 0 Å². The Hall–Kier alpha value is -1.82. The van der Waals surface area contributed by atoms with Gasteiger partial charge in [0.2, 0.25) is 0 Å². The number of nitrogens with zero attached hydrogens (tertiary/aromatic N) is 4. The smallest absolute Gasteiger partial charge is 0.137 e. The standard InChI is InChI=1S/C9H12N6/c1(9-13-7-14-15-9)2-10-3-8-4-11-6-12-5-8/h4-7,10H,1-3H2,(H,13,14,15). The van der Waals surface area contributed by atoms with E-state index in [2.05, 4.69) is 30.5 Å². The van der Waals surface area contributed by atoms with Gasteiger partial charge in [-0.2, -0.15) is 5.10 Å². The number of nitrogens with one attached hydrogen (secondary N) is 2. The summed E-state index contributed by atoms with van der Waals surface area (Å²) in [5.74, 6) is 0.895. The van der Waals surface area contributed by atoms with Crippen LogP contribution in [0.3, 0.4) is 0 Å². The predicted molar refractivity (Wildman–Crippen MR) is 53.8 cm³/mol. The van der Waals surface area contributed by atoms with Gasteiger partial charge >= 0.3 is 0 Å². The van der Waals surface area contributed by atoms with Crippen molar-refractivity contribution in [2.75, 3.05) is 6.54 Å². The van der Waals surface area contributed by atoms with E-state index in [1.54, 1.807) is 12.4 Å². The van der Waals surface area contributed by atoms with E-state index >= 15 is 0 Å². The van der Waals surface area contributed by atoms with E-state index in [1.165, 1.54) is 12.7 Å². The Kier molecular flexibility index (Phi) is 3.34. The molecule has 0 aliphatic rings. The van der Waals surface area contributed by atoms with Crippen molar-refractivity contribution in [3.63, 3.8) is 0 Å². The molecule has 0 aromatic carbocycles. The number of hydrogen-bond donors (Lipinski definition) is 2. The first kappa shape index (κ1) is 9.72. The molecule has 0 unspecified atom stereocenters. The summed E-state index contributed by atoms with van der Waals surface area (Å²) in [5.41, 5.74) is 1.08. The maximum Gasteiger partial charge on any atom is 0.137 e. The van der Waals surface area contributed by atoms with Gasteiger partial charge < -0.3 is 5.32 Å². The molecule has 2 heterocycles. The summed E-state index contributed by atoms with van der Waals surface area (Å²) in [7, 11) is 0. The first-order chi connectivity index (χ1) is 7.45. The lowest BCUT2D eigenvalue weighted by atomic mass is 10.3. The molecule has 0 amide bonds. The fourth-order valence-electron chi connectivity index (χ4n) is 1.21. The van der Waals surface area contributed by atoms with Crippen molar-refractivity contribution in [3.05, 3.63) is 36.4 Å². The van der Waals surface area contributed by atoms with E-state index in [-0.39, 0.29) is 0 Å². The lowest BCUT2D eigenvalue weighted by molar-refractivity contribution is 0.668. The third-order valence-electron chi connectivity index (χ3n) is 1.95. The quantitative estimate of drug-likeness (QED) is 0.666. The molecule has 0 bridgehead atoms. The van der Waals surface area contributed by atoms with Gasteiger partial charge in [-0.3, -0.25) is 5.10 Å². The third-order valence-corrected chi connectivity index (χ3v) is 1.95. The highest BCUT2D eigenvalue weighted by Crippen LogP contribution is 1.92. The highest BCUT2D eigenvalue weighted by molar-refractivity contribution is 5.01. The van der Waals surface area contributed by atoms with Crippen molar-refractivity contribution in [1.29, 1.82) is 0 Å². The molecule has 0 atom stereocenters. The average molecular weight is 204 g/mol. The molecule has 6 nitrogen and oxygen atoms in total. The Bertz CT molecular complexity index is 371. The van der Waals surface area contributed by atoms with Crippen LogP contribution in [0.4, 0.5) is 0 Å². The van der Waals surface area contributed by atoms with E-state index < -0.39 is 0 Å². The molecule has 2 N–H and O–H groups in total. The number of rotatable bonds is 5. The molecule has 2 aromatic heterocycles. The second-order valence-electron chi connectivity index (χ2n) is 3.11.